The number of ether oxygens (including phenoxy) is 1. The van der Waals surface area contributed by atoms with Crippen molar-refractivity contribution in [1.82, 2.24) is 14.5 Å². The molecule has 3 rings (SSSR count). The van der Waals surface area contributed by atoms with Crippen LogP contribution in [0.3, 0.4) is 0 Å². The van der Waals surface area contributed by atoms with Crippen LogP contribution in [-0.4, -0.2) is 75.0 Å². The van der Waals surface area contributed by atoms with Gasteiger partial charge in [0.1, 0.15) is 6.04 Å². The fourth-order valence-electron chi connectivity index (χ4n) is 3.70. The van der Waals surface area contributed by atoms with Gasteiger partial charge in [-0.3, -0.25) is 9.69 Å². The number of nitrogens with one attached hydrogen (secondary N) is 1. The summed E-state index contributed by atoms with van der Waals surface area (Å²) < 4.78 is 32.8. The number of sulfonamides is 1. The molecule has 7 nitrogen and oxygen atoms in total. The van der Waals surface area contributed by atoms with Crippen LogP contribution in [-0.2, 0) is 19.6 Å². The first-order chi connectivity index (χ1) is 13.0. The summed E-state index contributed by atoms with van der Waals surface area (Å²) in [4.78, 5) is 15.3. The van der Waals surface area contributed by atoms with E-state index in [-0.39, 0.29) is 16.8 Å². The van der Waals surface area contributed by atoms with Crippen molar-refractivity contribution in [2.45, 2.75) is 43.2 Å². The Labute approximate surface area is 161 Å². The lowest BCUT2D eigenvalue weighted by molar-refractivity contribution is -0.126. The number of morpholine rings is 1. The summed E-state index contributed by atoms with van der Waals surface area (Å²) >= 11 is 0. The van der Waals surface area contributed by atoms with Crippen molar-refractivity contribution >= 4 is 15.9 Å². The quantitative estimate of drug-likeness (QED) is 0.779. The van der Waals surface area contributed by atoms with Crippen molar-refractivity contribution in [3.05, 3.63) is 30.3 Å². The number of hydrogen-bond acceptors (Lipinski definition) is 5. The third-order valence-electron chi connectivity index (χ3n) is 5.35. The van der Waals surface area contributed by atoms with Crippen LogP contribution in [0.4, 0.5) is 0 Å². The molecule has 1 aromatic carbocycles. The molecule has 8 heteroatoms. The molecule has 27 heavy (non-hydrogen) atoms. The van der Waals surface area contributed by atoms with E-state index >= 15 is 0 Å². The number of piperidine rings is 1. The predicted octanol–water partition coefficient (Wildman–Crippen LogP) is 1.07. The minimum absolute atomic E-state index is 0.195. The van der Waals surface area contributed by atoms with E-state index in [0.29, 0.717) is 32.7 Å². The van der Waals surface area contributed by atoms with Crippen molar-refractivity contribution in [1.29, 1.82) is 0 Å². The molecule has 2 atom stereocenters. The van der Waals surface area contributed by atoms with Gasteiger partial charge >= 0.3 is 0 Å². The number of hydrogen-bond donors (Lipinski definition) is 1. The van der Waals surface area contributed by atoms with Gasteiger partial charge in [-0.15, -0.1) is 0 Å². The number of carbonyl (C=O) groups is 1. The number of carbonyl (C=O) groups excluding carboxylic acids is 1. The molecule has 0 spiro atoms. The third kappa shape index (κ3) is 4.87. The lowest BCUT2D eigenvalue weighted by Gasteiger charge is -2.35. The van der Waals surface area contributed by atoms with E-state index in [0.717, 1.165) is 25.9 Å². The largest absolute Gasteiger partial charge is 0.379 e. The van der Waals surface area contributed by atoms with Crippen LogP contribution in [0.1, 0.15) is 26.2 Å². The second-order valence-corrected chi connectivity index (χ2v) is 9.07. The highest BCUT2D eigenvalue weighted by Gasteiger charge is 2.37. The molecule has 0 aromatic heterocycles. The van der Waals surface area contributed by atoms with Gasteiger partial charge in [0.2, 0.25) is 15.9 Å². The minimum Gasteiger partial charge on any atom is -0.379 e. The van der Waals surface area contributed by atoms with E-state index in [9.17, 15) is 13.2 Å². The van der Waals surface area contributed by atoms with Crippen molar-refractivity contribution in [3.8, 4) is 0 Å². The van der Waals surface area contributed by atoms with Gasteiger partial charge in [0, 0.05) is 32.2 Å². The Kier molecular flexibility index (Phi) is 6.86. The summed E-state index contributed by atoms with van der Waals surface area (Å²) in [6.45, 7) is 6.10. The molecule has 2 aliphatic rings. The number of amides is 1. The molecule has 1 aromatic rings. The van der Waals surface area contributed by atoms with Crippen LogP contribution < -0.4 is 5.32 Å². The summed E-state index contributed by atoms with van der Waals surface area (Å²) in [5.74, 6) is -0.200. The Morgan fingerprint density at radius 2 is 1.89 bits per heavy atom. The molecule has 1 amide bonds. The van der Waals surface area contributed by atoms with Gasteiger partial charge in [-0.1, -0.05) is 24.6 Å². The van der Waals surface area contributed by atoms with Gasteiger partial charge in [-0.2, -0.15) is 4.31 Å². The summed E-state index contributed by atoms with van der Waals surface area (Å²) in [7, 11) is -3.67. The molecule has 2 unspecified atom stereocenters. The number of rotatable bonds is 6. The standard InChI is InChI=1S/C19H29N3O4S/c1-16(21-11-13-26-14-12-21)15-20-19(23)18-9-5-6-10-22(18)27(24,25)17-7-3-2-4-8-17/h2-4,7-8,16,18H,5-6,9-15H2,1H3,(H,20,23). The molecule has 0 aliphatic carbocycles. The van der Waals surface area contributed by atoms with E-state index < -0.39 is 16.1 Å². The van der Waals surface area contributed by atoms with Crippen LogP contribution in [0.5, 0.6) is 0 Å². The maximum absolute atomic E-state index is 13.0. The second-order valence-electron chi connectivity index (χ2n) is 7.18. The van der Waals surface area contributed by atoms with Gasteiger partial charge in [-0.25, -0.2) is 8.42 Å². The van der Waals surface area contributed by atoms with Crippen molar-refractivity contribution in [3.63, 3.8) is 0 Å². The van der Waals surface area contributed by atoms with Gasteiger partial charge in [0.15, 0.2) is 0 Å². The summed E-state index contributed by atoms with van der Waals surface area (Å²) in [6.07, 6.45) is 2.20. The second kappa shape index (κ2) is 9.14. The van der Waals surface area contributed by atoms with Crippen molar-refractivity contribution in [2.75, 3.05) is 39.4 Å². The Bertz CT molecular complexity index is 720. The molecule has 150 valence electrons. The first-order valence-electron chi connectivity index (χ1n) is 9.66. The first kappa shape index (κ1) is 20.3. The summed E-state index contributed by atoms with van der Waals surface area (Å²) in [6, 6.07) is 7.92. The fourth-order valence-corrected chi connectivity index (χ4v) is 5.37. The van der Waals surface area contributed by atoms with Crippen LogP contribution >= 0.6 is 0 Å². The van der Waals surface area contributed by atoms with Gasteiger partial charge in [0.05, 0.1) is 18.1 Å². The zero-order chi connectivity index (χ0) is 19.3. The Hall–Kier alpha value is -1.48. The molecule has 2 aliphatic heterocycles. The molecule has 1 N–H and O–H groups in total. The fraction of sp³-hybridized carbons (Fsp3) is 0.632. The third-order valence-corrected chi connectivity index (χ3v) is 7.27. The predicted molar refractivity (Wildman–Crippen MR) is 103 cm³/mol. The summed E-state index contributed by atoms with van der Waals surface area (Å²) in [5.41, 5.74) is 0. The maximum atomic E-state index is 13.0. The molecular weight excluding hydrogens is 366 g/mol. The monoisotopic (exact) mass is 395 g/mol. The van der Waals surface area contributed by atoms with Crippen molar-refractivity contribution in [2.24, 2.45) is 0 Å². The van der Waals surface area contributed by atoms with Gasteiger partial charge in [-0.05, 0) is 31.9 Å². The molecule has 0 bridgehead atoms. The molecule has 2 heterocycles. The average molecular weight is 396 g/mol. The SMILES string of the molecule is CC(CNC(=O)C1CCCCN1S(=O)(=O)c1ccccc1)N1CCOCC1. The normalized spacial score (nSPS) is 23.7. The van der Waals surface area contributed by atoms with Crippen LogP contribution in [0.15, 0.2) is 35.2 Å². The Morgan fingerprint density at radius 1 is 1.19 bits per heavy atom. The van der Waals surface area contributed by atoms with E-state index in [1.807, 2.05) is 0 Å². The zero-order valence-electron chi connectivity index (χ0n) is 15.8. The van der Waals surface area contributed by atoms with Crippen molar-refractivity contribution < 1.29 is 17.9 Å². The summed E-state index contributed by atoms with van der Waals surface area (Å²) in [5, 5.41) is 2.98. The molecule has 2 saturated heterocycles. The number of nitrogens with zero attached hydrogens (tertiary/aromatic N) is 2. The van der Waals surface area contributed by atoms with Gasteiger partial charge in [0.25, 0.3) is 0 Å². The topological polar surface area (TPSA) is 79.0 Å². The Morgan fingerprint density at radius 3 is 2.59 bits per heavy atom. The van der Waals surface area contributed by atoms with Crippen LogP contribution in [0.25, 0.3) is 0 Å². The van der Waals surface area contributed by atoms with Crippen LogP contribution in [0.2, 0.25) is 0 Å². The highest BCUT2D eigenvalue weighted by molar-refractivity contribution is 7.89. The smallest absolute Gasteiger partial charge is 0.243 e. The highest BCUT2D eigenvalue weighted by atomic mass is 32.2. The van der Waals surface area contributed by atoms with Gasteiger partial charge < -0.3 is 10.1 Å². The number of benzene rings is 1. The average Bonchev–Trinajstić information content (AvgIpc) is 2.73. The van der Waals surface area contributed by atoms with E-state index in [2.05, 4.69) is 17.1 Å². The first-order valence-corrected chi connectivity index (χ1v) is 11.1. The minimum atomic E-state index is -3.67. The van der Waals surface area contributed by atoms with E-state index in [4.69, 9.17) is 4.74 Å². The molecule has 0 saturated carbocycles. The zero-order valence-corrected chi connectivity index (χ0v) is 16.7. The van der Waals surface area contributed by atoms with Crippen LogP contribution in [0, 0.1) is 0 Å². The Balaban J connectivity index is 1.65. The van der Waals surface area contributed by atoms with E-state index in [1.165, 1.54) is 4.31 Å². The highest BCUT2D eigenvalue weighted by Crippen LogP contribution is 2.25. The molecule has 2 fully saturated rings. The molecular formula is C19H29N3O4S. The molecule has 0 radical (unpaired) electrons. The van der Waals surface area contributed by atoms with E-state index in [1.54, 1.807) is 30.3 Å². The lowest BCUT2D eigenvalue weighted by Crippen LogP contribution is -2.54. The lowest BCUT2D eigenvalue weighted by atomic mass is 10.0. The maximum Gasteiger partial charge on any atom is 0.243 e.